The van der Waals surface area contributed by atoms with Crippen molar-refractivity contribution in [3.8, 4) is 11.3 Å². The molecule has 1 N–H and O–H groups in total. The molecular weight excluding hydrogens is 464 g/mol. The van der Waals surface area contributed by atoms with Crippen LogP contribution in [-0.2, 0) is 21.2 Å². The second-order valence-electron chi connectivity index (χ2n) is 8.37. The van der Waals surface area contributed by atoms with E-state index in [1.807, 2.05) is 0 Å². The summed E-state index contributed by atoms with van der Waals surface area (Å²) < 4.78 is 60.3. The largest absolute Gasteiger partial charge is 0.441 e. The summed E-state index contributed by atoms with van der Waals surface area (Å²) in [5.41, 5.74) is 0.151. The Kier molecular flexibility index (Phi) is 7.08. The molecule has 4 rings (SSSR count). The molecule has 0 bridgehead atoms. The van der Waals surface area contributed by atoms with Gasteiger partial charge in [-0.15, -0.1) is 0 Å². The van der Waals surface area contributed by atoms with Crippen molar-refractivity contribution < 1.29 is 26.4 Å². The number of carbonyl (C=O) groups is 1. The molecule has 1 aliphatic heterocycles. The highest BCUT2D eigenvalue weighted by atomic mass is 32.2. The van der Waals surface area contributed by atoms with Crippen molar-refractivity contribution in [2.24, 2.45) is 5.92 Å². The van der Waals surface area contributed by atoms with Crippen LogP contribution < -0.4 is 5.32 Å². The summed E-state index contributed by atoms with van der Waals surface area (Å²) in [6.07, 6.45) is 3.05. The second-order valence-corrected chi connectivity index (χ2v) is 10.3. The molecule has 34 heavy (non-hydrogen) atoms. The zero-order chi connectivity index (χ0) is 24.3. The molecule has 1 aliphatic rings. The summed E-state index contributed by atoms with van der Waals surface area (Å²) >= 11 is 0. The van der Waals surface area contributed by atoms with Crippen molar-refractivity contribution in [2.45, 2.75) is 37.5 Å². The van der Waals surface area contributed by atoms with E-state index in [0.29, 0.717) is 24.7 Å². The van der Waals surface area contributed by atoms with Crippen LogP contribution in [0.15, 0.2) is 58.0 Å². The lowest BCUT2D eigenvalue weighted by Gasteiger charge is -2.29. The molecule has 1 amide bonds. The molecule has 10 heteroatoms. The minimum Gasteiger partial charge on any atom is -0.441 e. The number of sulfonamides is 1. The Hall–Kier alpha value is -3.11. The predicted molar refractivity (Wildman–Crippen MR) is 122 cm³/mol. The quantitative estimate of drug-likeness (QED) is 0.523. The zero-order valence-corrected chi connectivity index (χ0v) is 19.4. The normalized spacial score (nSPS) is 15.4. The van der Waals surface area contributed by atoms with Crippen molar-refractivity contribution in [1.29, 1.82) is 0 Å². The number of oxazole rings is 1. The van der Waals surface area contributed by atoms with E-state index in [2.05, 4.69) is 17.2 Å². The lowest BCUT2D eigenvalue weighted by molar-refractivity contribution is -0.116. The Balaban J connectivity index is 1.33. The number of anilines is 1. The number of carbonyl (C=O) groups excluding carboxylic acids is 1. The van der Waals surface area contributed by atoms with E-state index in [1.165, 1.54) is 28.7 Å². The van der Waals surface area contributed by atoms with Gasteiger partial charge in [0.15, 0.2) is 11.7 Å². The van der Waals surface area contributed by atoms with Gasteiger partial charge in [0.2, 0.25) is 15.9 Å². The first-order chi connectivity index (χ1) is 16.2. The Morgan fingerprint density at radius 2 is 1.76 bits per heavy atom. The topological polar surface area (TPSA) is 92.5 Å². The average Bonchev–Trinajstić information content (AvgIpc) is 3.27. The summed E-state index contributed by atoms with van der Waals surface area (Å²) in [5.74, 6) is -1.22. The first kappa shape index (κ1) is 24.0. The molecule has 0 atom stereocenters. The number of nitrogens with one attached hydrogen (secondary N) is 1. The first-order valence-electron chi connectivity index (χ1n) is 11.0. The minimum atomic E-state index is -3.56. The Bertz CT molecular complexity index is 1250. The molecular formula is C24H25F2N3O4S. The highest BCUT2D eigenvalue weighted by Gasteiger charge is 2.28. The van der Waals surface area contributed by atoms with Crippen LogP contribution >= 0.6 is 0 Å². The lowest BCUT2D eigenvalue weighted by atomic mass is 10.0. The highest BCUT2D eigenvalue weighted by Crippen LogP contribution is 2.27. The van der Waals surface area contributed by atoms with Crippen molar-refractivity contribution >= 4 is 21.6 Å². The van der Waals surface area contributed by atoms with Crippen LogP contribution in [0.1, 0.15) is 32.1 Å². The van der Waals surface area contributed by atoms with Crippen molar-refractivity contribution in [3.05, 3.63) is 66.2 Å². The van der Waals surface area contributed by atoms with Crippen molar-refractivity contribution in [2.75, 3.05) is 18.4 Å². The van der Waals surface area contributed by atoms with Crippen LogP contribution in [0.4, 0.5) is 14.5 Å². The summed E-state index contributed by atoms with van der Waals surface area (Å²) in [4.78, 5) is 16.5. The van der Waals surface area contributed by atoms with E-state index in [-0.39, 0.29) is 40.9 Å². The number of aryl methyl sites for hydroxylation is 1. The van der Waals surface area contributed by atoms with Crippen LogP contribution in [-0.4, -0.2) is 36.7 Å². The van der Waals surface area contributed by atoms with Crippen LogP contribution in [0.3, 0.4) is 0 Å². The van der Waals surface area contributed by atoms with Gasteiger partial charge in [-0.3, -0.25) is 4.79 Å². The average molecular weight is 490 g/mol. The SMILES string of the molecule is CC1CCN(S(=O)(=O)c2ccc(NC(=O)CCc3ncc(-c4c(F)cccc4F)o3)cc2)CC1. The first-order valence-corrected chi connectivity index (χ1v) is 12.5. The van der Waals surface area contributed by atoms with E-state index in [1.54, 1.807) is 12.1 Å². The van der Waals surface area contributed by atoms with Gasteiger partial charge >= 0.3 is 0 Å². The fraction of sp³-hybridized carbons (Fsp3) is 0.333. The molecule has 0 saturated carbocycles. The maximum Gasteiger partial charge on any atom is 0.243 e. The fourth-order valence-corrected chi connectivity index (χ4v) is 5.27. The van der Waals surface area contributed by atoms with E-state index in [9.17, 15) is 22.0 Å². The number of benzene rings is 2. The summed E-state index contributed by atoms with van der Waals surface area (Å²) in [7, 11) is -3.56. The summed E-state index contributed by atoms with van der Waals surface area (Å²) in [6.45, 7) is 3.13. The minimum absolute atomic E-state index is 0.0196. The molecule has 0 spiro atoms. The number of piperidine rings is 1. The standard InChI is InChI=1S/C24H25F2N3O4S/c1-16-11-13-29(14-12-16)34(31,32)18-7-5-17(6-8-18)28-22(30)9-10-23-27-15-21(33-23)24-19(25)3-2-4-20(24)26/h2-8,15-16H,9-14H2,1H3,(H,28,30). The molecule has 2 aromatic carbocycles. The summed E-state index contributed by atoms with van der Waals surface area (Å²) in [6, 6.07) is 9.54. The third kappa shape index (κ3) is 5.34. The maximum absolute atomic E-state index is 13.9. The molecule has 3 aromatic rings. The van der Waals surface area contributed by atoms with Crippen LogP contribution in [0, 0.1) is 17.6 Å². The molecule has 7 nitrogen and oxygen atoms in total. The fourth-order valence-electron chi connectivity index (χ4n) is 3.80. The van der Waals surface area contributed by atoms with E-state index >= 15 is 0 Å². The van der Waals surface area contributed by atoms with Gasteiger partial charge in [0.05, 0.1) is 16.7 Å². The summed E-state index contributed by atoms with van der Waals surface area (Å²) in [5, 5.41) is 2.70. The molecule has 2 heterocycles. The van der Waals surface area contributed by atoms with Crippen molar-refractivity contribution in [3.63, 3.8) is 0 Å². The van der Waals surface area contributed by atoms with Gasteiger partial charge in [-0.25, -0.2) is 22.2 Å². The van der Waals surface area contributed by atoms with Crippen molar-refractivity contribution in [1.82, 2.24) is 9.29 Å². The molecule has 1 saturated heterocycles. The van der Waals surface area contributed by atoms with Gasteiger partial charge < -0.3 is 9.73 Å². The maximum atomic E-state index is 13.9. The molecule has 0 radical (unpaired) electrons. The number of hydrogen-bond acceptors (Lipinski definition) is 5. The number of amides is 1. The monoisotopic (exact) mass is 489 g/mol. The molecule has 180 valence electrons. The van der Waals surface area contributed by atoms with Gasteiger partial charge in [-0.05, 0) is 55.2 Å². The van der Waals surface area contributed by atoms with Crippen LogP contribution in [0.2, 0.25) is 0 Å². The molecule has 0 aliphatic carbocycles. The smallest absolute Gasteiger partial charge is 0.243 e. The Morgan fingerprint density at radius 3 is 2.41 bits per heavy atom. The molecule has 1 fully saturated rings. The van der Waals surface area contributed by atoms with Gasteiger partial charge in [-0.2, -0.15) is 4.31 Å². The van der Waals surface area contributed by atoms with Gasteiger partial charge in [0.1, 0.15) is 11.6 Å². The molecule has 0 unspecified atom stereocenters. The van der Waals surface area contributed by atoms with Gasteiger partial charge in [-0.1, -0.05) is 13.0 Å². The van der Waals surface area contributed by atoms with E-state index in [4.69, 9.17) is 4.42 Å². The third-order valence-electron chi connectivity index (χ3n) is 5.85. The van der Waals surface area contributed by atoms with Gasteiger partial charge in [0, 0.05) is 31.6 Å². The number of hydrogen-bond donors (Lipinski definition) is 1. The zero-order valence-electron chi connectivity index (χ0n) is 18.6. The predicted octanol–water partition coefficient (Wildman–Crippen LogP) is 4.61. The highest BCUT2D eigenvalue weighted by molar-refractivity contribution is 7.89. The lowest BCUT2D eigenvalue weighted by Crippen LogP contribution is -2.37. The number of halogens is 2. The van der Waals surface area contributed by atoms with E-state index < -0.39 is 21.7 Å². The van der Waals surface area contributed by atoms with E-state index in [0.717, 1.165) is 25.0 Å². The van der Waals surface area contributed by atoms with Crippen LogP contribution in [0.25, 0.3) is 11.3 Å². The number of aromatic nitrogens is 1. The van der Waals surface area contributed by atoms with Gasteiger partial charge in [0.25, 0.3) is 0 Å². The number of nitrogens with zero attached hydrogens (tertiary/aromatic N) is 2. The second kappa shape index (κ2) is 10.0. The Morgan fingerprint density at radius 1 is 1.12 bits per heavy atom. The Labute approximate surface area is 196 Å². The van der Waals surface area contributed by atoms with Crippen LogP contribution in [0.5, 0.6) is 0 Å². The number of rotatable bonds is 7. The molecule has 1 aromatic heterocycles. The third-order valence-corrected chi connectivity index (χ3v) is 7.76.